The summed E-state index contributed by atoms with van der Waals surface area (Å²) in [6, 6.07) is 11.9. The first-order valence-corrected chi connectivity index (χ1v) is 12.8. The Morgan fingerprint density at radius 2 is 1.68 bits per heavy atom. The number of piperidine rings is 1. The fourth-order valence-corrected chi connectivity index (χ4v) is 5.10. The maximum Gasteiger partial charge on any atom is 0.410 e. The lowest BCUT2D eigenvalue weighted by Gasteiger charge is -2.32. The molecule has 2 aromatic carbocycles. The Hall–Kier alpha value is -3.07. The molecule has 2 amide bonds. The van der Waals surface area contributed by atoms with Gasteiger partial charge in [0.05, 0.1) is 4.90 Å². The van der Waals surface area contributed by atoms with Crippen molar-refractivity contribution in [3.63, 3.8) is 0 Å². The quantitative estimate of drug-likeness (QED) is 0.637. The largest absolute Gasteiger partial charge is 0.444 e. The van der Waals surface area contributed by atoms with Crippen LogP contribution in [0.25, 0.3) is 0 Å². The second-order valence-corrected chi connectivity index (χ2v) is 11.3. The van der Waals surface area contributed by atoms with Crippen molar-refractivity contribution < 1.29 is 22.7 Å². The molecule has 2 N–H and O–H groups in total. The van der Waals surface area contributed by atoms with Crippen LogP contribution in [0.4, 0.5) is 16.2 Å². The number of nitrogens with zero attached hydrogens (tertiary/aromatic N) is 1. The molecule has 0 bridgehead atoms. The molecular weight excluding hydrogens is 454 g/mol. The Kier molecular flexibility index (Phi) is 7.55. The molecule has 3 rings (SSSR count). The van der Waals surface area contributed by atoms with E-state index in [4.69, 9.17) is 4.74 Å². The van der Waals surface area contributed by atoms with Crippen molar-refractivity contribution in [3.8, 4) is 0 Å². The van der Waals surface area contributed by atoms with Gasteiger partial charge in [0, 0.05) is 30.4 Å². The van der Waals surface area contributed by atoms with Crippen molar-refractivity contribution in [3.05, 3.63) is 53.6 Å². The van der Waals surface area contributed by atoms with Gasteiger partial charge in [0.2, 0.25) is 5.91 Å². The first-order chi connectivity index (χ1) is 15.8. The van der Waals surface area contributed by atoms with Crippen molar-refractivity contribution in [1.82, 2.24) is 4.90 Å². The molecular formula is C25H33N3O5S. The molecule has 1 saturated heterocycles. The monoisotopic (exact) mass is 487 g/mol. The Balaban J connectivity index is 1.65. The van der Waals surface area contributed by atoms with Crippen LogP contribution in [-0.2, 0) is 19.6 Å². The lowest BCUT2D eigenvalue weighted by molar-refractivity contribution is -0.121. The second kappa shape index (κ2) is 10.0. The topological polar surface area (TPSA) is 105 Å². The molecule has 1 aliphatic heterocycles. The molecule has 9 heteroatoms. The number of hydrogen-bond acceptors (Lipinski definition) is 5. The predicted molar refractivity (Wildman–Crippen MR) is 132 cm³/mol. The number of hydrogen-bond donors (Lipinski definition) is 2. The summed E-state index contributed by atoms with van der Waals surface area (Å²) >= 11 is 0. The summed E-state index contributed by atoms with van der Waals surface area (Å²) in [4.78, 5) is 26.8. The minimum atomic E-state index is -3.84. The van der Waals surface area contributed by atoms with E-state index in [1.165, 1.54) is 6.07 Å². The molecule has 8 nitrogen and oxygen atoms in total. The molecule has 0 atom stereocenters. The number of amides is 2. The second-order valence-electron chi connectivity index (χ2n) is 9.69. The van der Waals surface area contributed by atoms with Crippen LogP contribution >= 0.6 is 0 Å². The summed E-state index contributed by atoms with van der Waals surface area (Å²) in [5.74, 6) is -0.465. The molecule has 184 valence electrons. The summed E-state index contributed by atoms with van der Waals surface area (Å²) in [6.07, 6.45) is 0.648. The summed E-state index contributed by atoms with van der Waals surface area (Å²) in [5.41, 5.74) is 1.84. The Labute approximate surface area is 201 Å². The van der Waals surface area contributed by atoms with Crippen molar-refractivity contribution in [2.75, 3.05) is 23.1 Å². The van der Waals surface area contributed by atoms with Crippen molar-refractivity contribution in [2.45, 2.75) is 58.0 Å². The van der Waals surface area contributed by atoms with Crippen LogP contribution in [0.3, 0.4) is 0 Å². The molecule has 0 saturated carbocycles. The fraction of sp³-hybridized carbons (Fsp3) is 0.440. The highest BCUT2D eigenvalue weighted by molar-refractivity contribution is 7.92. The number of ether oxygens (including phenoxy) is 1. The molecule has 0 aromatic heterocycles. The van der Waals surface area contributed by atoms with Gasteiger partial charge in [0.25, 0.3) is 10.0 Å². The van der Waals surface area contributed by atoms with Crippen LogP contribution in [0, 0.1) is 19.8 Å². The van der Waals surface area contributed by atoms with E-state index in [1.54, 1.807) is 42.2 Å². The van der Waals surface area contributed by atoms with Gasteiger partial charge in [-0.2, -0.15) is 0 Å². The van der Waals surface area contributed by atoms with Crippen molar-refractivity contribution >= 4 is 33.4 Å². The number of benzene rings is 2. The van der Waals surface area contributed by atoms with Gasteiger partial charge in [-0.25, -0.2) is 13.2 Å². The maximum atomic E-state index is 13.0. The van der Waals surface area contributed by atoms with Crippen LogP contribution in [0.5, 0.6) is 0 Å². The number of sulfonamides is 1. The Bertz CT molecular complexity index is 1160. The number of anilines is 2. The van der Waals surface area contributed by atoms with Crippen molar-refractivity contribution in [1.29, 1.82) is 0 Å². The molecule has 2 aromatic rings. The molecule has 1 heterocycles. The van der Waals surface area contributed by atoms with Crippen LogP contribution in [0.2, 0.25) is 0 Å². The molecule has 0 unspecified atom stereocenters. The van der Waals surface area contributed by atoms with Gasteiger partial charge in [0.1, 0.15) is 5.60 Å². The van der Waals surface area contributed by atoms with Gasteiger partial charge >= 0.3 is 6.09 Å². The third-order valence-corrected chi connectivity index (χ3v) is 7.06. The molecule has 34 heavy (non-hydrogen) atoms. The zero-order valence-corrected chi connectivity index (χ0v) is 21.2. The highest BCUT2D eigenvalue weighted by Gasteiger charge is 2.30. The molecule has 0 radical (unpaired) electrons. The first-order valence-electron chi connectivity index (χ1n) is 11.3. The van der Waals surface area contributed by atoms with E-state index in [2.05, 4.69) is 10.0 Å². The minimum Gasteiger partial charge on any atom is -0.444 e. The van der Waals surface area contributed by atoms with Crippen LogP contribution in [-0.4, -0.2) is 44.0 Å². The lowest BCUT2D eigenvalue weighted by Crippen LogP contribution is -2.43. The maximum absolute atomic E-state index is 13.0. The van der Waals surface area contributed by atoms with E-state index in [9.17, 15) is 18.0 Å². The average Bonchev–Trinajstić information content (AvgIpc) is 2.73. The van der Waals surface area contributed by atoms with E-state index in [0.29, 0.717) is 42.9 Å². The smallest absolute Gasteiger partial charge is 0.410 e. The zero-order chi connectivity index (χ0) is 25.1. The van der Waals surface area contributed by atoms with Crippen LogP contribution in [0.1, 0.15) is 44.7 Å². The molecule has 1 fully saturated rings. The van der Waals surface area contributed by atoms with E-state index in [-0.39, 0.29) is 22.8 Å². The highest BCUT2D eigenvalue weighted by atomic mass is 32.2. The van der Waals surface area contributed by atoms with Gasteiger partial charge in [0.15, 0.2) is 0 Å². The number of rotatable bonds is 5. The summed E-state index contributed by atoms with van der Waals surface area (Å²) < 4.78 is 34.0. The normalized spacial score (nSPS) is 15.0. The first kappa shape index (κ1) is 25.6. The van der Waals surface area contributed by atoms with Gasteiger partial charge in [-0.1, -0.05) is 18.2 Å². The standard InChI is InChI=1S/C25H33N3O5S/c1-17-7-6-8-21(15-17)27-34(31,32)22-16-20(10-9-18(22)2)26-23(29)19-11-13-28(14-12-19)24(30)33-25(3,4)5/h6-10,15-16,19,27H,11-14H2,1-5H3,(H,26,29). The molecule has 1 aliphatic rings. The van der Waals surface area contributed by atoms with Gasteiger partial charge < -0.3 is 15.0 Å². The highest BCUT2D eigenvalue weighted by Crippen LogP contribution is 2.25. The third-order valence-electron chi connectivity index (χ3n) is 5.53. The van der Waals surface area contributed by atoms with E-state index >= 15 is 0 Å². The lowest BCUT2D eigenvalue weighted by atomic mass is 9.96. The van der Waals surface area contributed by atoms with E-state index < -0.39 is 15.6 Å². The summed E-state index contributed by atoms with van der Waals surface area (Å²) in [6.45, 7) is 9.91. The minimum absolute atomic E-state index is 0.103. The van der Waals surface area contributed by atoms with Crippen LogP contribution in [0.15, 0.2) is 47.4 Å². The molecule has 0 spiro atoms. The number of carbonyl (C=O) groups is 2. The number of carbonyl (C=O) groups excluding carboxylic acids is 2. The van der Waals surface area contributed by atoms with Crippen molar-refractivity contribution in [2.24, 2.45) is 5.92 Å². The Morgan fingerprint density at radius 1 is 1.00 bits per heavy atom. The summed E-state index contributed by atoms with van der Waals surface area (Å²) in [7, 11) is -3.84. The Morgan fingerprint density at radius 3 is 2.29 bits per heavy atom. The number of likely N-dealkylation sites (tertiary alicyclic amines) is 1. The predicted octanol–water partition coefficient (Wildman–Crippen LogP) is 4.69. The van der Waals surface area contributed by atoms with Crippen LogP contribution < -0.4 is 10.0 Å². The zero-order valence-electron chi connectivity index (χ0n) is 20.3. The van der Waals surface area contributed by atoms with Gasteiger partial charge in [-0.15, -0.1) is 0 Å². The van der Waals surface area contributed by atoms with Gasteiger partial charge in [-0.3, -0.25) is 9.52 Å². The van der Waals surface area contributed by atoms with E-state index in [1.807, 2.05) is 33.8 Å². The number of nitrogens with one attached hydrogen (secondary N) is 2. The molecule has 0 aliphatic carbocycles. The average molecular weight is 488 g/mol. The summed E-state index contributed by atoms with van der Waals surface area (Å²) in [5, 5.41) is 2.84. The fourth-order valence-electron chi connectivity index (χ4n) is 3.78. The van der Waals surface area contributed by atoms with Gasteiger partial charge in [-0.05, 0) is 82.9 Å². The van der Waals surface area contributed by atoms with E-state index in [0.717, 1.165) is 5.56 Å². The SMILES string of the molecule is Cc1cccc(NS(=O)(=O)c2cc(NC(=O)C3CCN(C(=O)OC(C)(C)C)CC3)ccc2C)c1. The third kappa shape index (κ3) is 6.72. The number of aryl methyl sites for hydroxylation is 2.